The molecule has 2 atom stereocenters. The first-order valence-corrected chi connectivity index (χ1v) is 11.2. The summed E-state index contributed by atoms with van der Waals surface area (Å²) in [5, 5.41) is 1.03. The molecule has 33 heavy (non-hydrogen) atoms. The fraction of sp³-hybridized carbons (Fsp3) is 0.250. The molecule has 0 aliphatic carbocycles. The van der Waals surface area contributed by atoms with Crippen LogP contribution in [-0.2, 0) is 28.9 Å². The number of hydrogen-bond acceptors (Lipinski definition) is 5. The van der Waals surface area contributed by atoms with Gasteiger partial charge in [-0.25, -0.2) is 9.97 Å². The maximum atomic E-state index is 6.52. The predicted molar refractivity (Wildman–Crippen MR) is 125 cm³/mol. The minimum Gasteiger partial charge on any atom is -0.491 e. The Bertz CT molecular complexity index is 1230. The third kappa shape index (κ3) is 4.77. The molecule has 1 aliphatic heterocycles. The topological polar surface area (TPSA) is 63.3 Å². The Morgan fingerprint density at radius 2 is 2.00 bits per heavy atom. The molecule has 0 amide bonds. The maximum Gasteiger partial charge on any atom is 0.215 e. The van der Waals surface area contributed by atoms with Crippen molar-refractivity contribution in [3.8, 4) is 17.0 Å². The summed E-state index contributed by atoms with van der Waals surface area (Å²) in [6.07, 6.45) is 8.75. The molecule has 2 aromatic heterocycles. The van der Waals surface area contributed by atoms with E-state index in [0.717, 1.165) is 17.0 Å². The second kappa shape index (κ2) is 9.19. The monoisotopic (exact) mass is 484 g/mol. The van der Waals surface area contributed by atoms with E-state index in [-0.39, 0.29) is 6.10 Å². The number of aryl methyl sites for hydroxylation is 1. The van der Waals surface area contributed by atoms with Gasteiger partial charge in [0.25, 0.3) is 0 Å². The van der Waals surface area contributed by atoms with Crippen LogP contribution in [0.4, 0.5) is 0 Å². The van der Waals surface area contributed by atoms with Gasteiger partial charge in [0.1, 0.15) is 18.5 Å². The number of ether oxygens (including phenoxy) is 3. The van der Waals surface area contributed by atoms with E-state index in [9.17, 15) is 0 Å². The van der Waals surface area contributed by atoms with Gasteiger partial charge in [-0.15, -0.1) is 0 Å². The summed E-state index contributed by atoms with van der Waals surface area (Å²) in [5.41, 5.74) is 2.66. The van der Waals surface area contributed by atoms with E-state index in [1.807, 2.05) is 58.9 Å². The normalized spacial score (nSPS) is 20.3. The van der Waals surface area contributed by atoms with Crippen molar-refractivity contribution in [2.45, 2.75) is 18.4 Å². The van der Waals surface area contributed by atoms with E-state index in [4.69, 9.17) is 37.4 Å². The molecule has 2 aromatic carbocycles. The Morgan fingerprint density at radius 1 is 1.15 bits per heavy atom. The number of nitrogens with zero attached hydrogens (tertiary/aromatic N) is 4. The molecule has 2 unspecified atom stereocenters. The molecule has 1 saturated heterocycles. The second-order valence-electron chi connectivity index (χ2n) is 7.92. The van der Waals surface area contributed by atoms with Crippen molar-refractivity contribution in [1.29, 1.82) is 0 Å². The van der Waals surface area contributed by atoms with E-state index in [0.29, 0.717) is 35.4 Å². The smallest absolute Gasteiger partial charge is 0.215 e. The molecule has 0 bridgehead atoms. The van der Waals surface area contributed by atoms with Crippen LogP contribution in [0.3, 0.4) is 0 Å². The van der Waals surface area contributed by atoms with Gasteiger partial charge in [-0.1, -0.05) is 29.3 Å². The highest BCUT2D eigenvalue weighted by Gasteiger charge is 2.45. The fourth-order valence-corrected chi connectivity index (χ4v) is 4.40. The lowest BCUT2D eigenvalue weighted by atomic mass is 10.1. The van der Waals surface area contributed by atoms with Gasteiger partial charge in [0.2, 0.25) is 5.79 Å². The predicted octanol–water partition coefficient (Wildman–Crippen LogP) is 4.94. The standard InChI is InChI=1S/C24H22Cl2N4O3/c1-29-11-23(28-16-29)17-2-5-19(6-3-17)31-12-20-13-32-24(33-20,14-30-9-8-27-15-30)21-7-4-18(25)10-22(21)26/h2-11,15-16,20H,12-14H2,1H3. The van der Waals surface area contributed by atoms with Crippen molar-refractivity contribution >= 4 is 23.2 Å². The Hall–Kier alpha value is -2.84. The summed E-state index contributed by atoms with van der Waals surface area (Å²) < 4.78 is 22.4. The van der Waals surface area contributed by atoms with Gasteiger partial charge in [0.05, 0.1) is 36.5 Å². The SMILES string of the molecule is Cn1cnc(-c2ccc(OCC3COC(Cn4ccnc4)(c4ccc(Cl)cc4Cl)O3)cc2)c1. The molecule has 9 heteroatoms. The molecule has 1 fully saturated rings. The van der Waals surface area contributed by atoms with Crippen LogP contribution < -0.4 is 4.74 Å². The third-order valence-electron chi connectivity index (χ3n) is 5.44. The molecule has 5 rings (SSSR count). The lowest BCUT2D eigenvalue weighted by Gasteiger charge is -2.30. The van der Waals surface area contributed by atoms with Crippen LogP contribution >= 0.6 is 23.2 Å². The van der Waals surface area contributed by atoms with Gasteiger partial charge in [0.15, 0.2) is 0 Å². The van der Waals surface area contributed by atoms with Crippen LogP contribution in [0.15, 0.2) is 73.7 Å². The van der Waals surface area contributed by atoms with Crippen LogP contribution in [-0.4, -0.2) is 38.4 Å². The number of imidazole rings is 2. The van der Waals surface area contributed by atoms with Gasteiger partial charge >= 0.3 is 0 Å². The summed E-state index contributed by atoms with van der Waals surface area (Å²) in [6.45, 7) is 1.09. The summed E-state index contributed by atoms with van der Waals surface area (Å²) in [7, 11) is 1.95. The number of hydrogen-bond donors (Lipinski definition) is 0. The molecule has 0 spiro atoms. The van der Waals surface area contributed by atoms with Gasteiger partial charge in [-0.2, -0.15) is 0 Å². The number of halogens is 2. The summed E-state index contributed by atoms with van der Waals surface area (Å²) >= 11 is 12.6. The lowest BCUT2D eigenvalue weighted by molar-refractivity contribution is -0.189. The summed E-state index contributed by atoms with van der Waals surface area (Å²) in [4.78, 5) is 8.49. The van der Waals surface area contributed by atoms with Crippen LogP contribution in [0.2, 0.25) is 10.0 Å². The zero-order valence-electron chi connectivity index (χ0n) is 17.9. The molecule has 3 heterocycles. The Balaban J connectivity index is 1.29. The Morgan fingerprint density at radius 3 is 2.70 bits per heavy atom. The van der Waals surface area contributed by atoms with Gasteiger partial charge in [0, 0.05) is 41.8 Å². The summed E-state index contributed by atoms with van der Waals surface area (Å²) in [6, 6.07) is 13.1. The van der Waals surface area contributed by atoms with Crippen LogP contribution in [0.5, 0.6) is 5.75 Å². The molecule has 0 N–H and O–H groups in total. The highest BCUT2D eigenvalue weighted by molar-refractivity contribution is 6.35. The van der Waals surface area contributed by atoms with Crippen LogP contribution in [0, 0.1) is 0 Å². The zero-order valence-corrected chi connectivity index (χ0v) is 19.4. The minimum atomic E-state index is -1.07. The molecular weight excluding hydrogens is 463 g/mol. The van der Waals surface area contributed by atoms with Crippen molar-refractivity contribution in [3.05, 3.63) is 89.3 Å². The molecule has 0 saturated carbocycles. The zero-order chi connectivity index (χ0) is 22.8. The fourth-order valence-electron chi connectivity index (χ4n) is 3.85. The van der Waals surface area contributed by atoms with E-state index in [1.165, 1.54) is 0 Å². The highest BCUT2D eigenvalue weighted by Crippen LogP contribution is 2.40. The van der Waals surface area contributed by atoms with Gasteiger partial charge in [-0.05, 0) is 36.4 Å². The maximum absolute atomic E-state index is 6.52. The lowest BCUT2D eigenvalue weighted by Crippen LogP contribution is -2.34. The minimum absolute atomic E-state index is 0.282. The van der Waals surface area contributed by atoms with Gasteiger partial charge < -0.3 is 23.3 Å². The third-order valence-corrected chi connectivity index (χ3v) is 5.99. The molecule has 0 radical (unpaired) electrons. The van der Waals surface area contributed by atoms with E-state index < -0.39 is 5.79 Å². The molecule has 170 valence electrons. The average Bonchev–Trinajstić information content (AvgIpc) is 3.55. The van der Waals surface area contributed by atoms with E-state index >= 15 is 0 Å². The van der Waals surface area contributed by atoms with Gasteiger partial charge in [-0.3, -0.25) is 0 Å². The largest absolute Gasteiger partial charge is 0.491 e. The second-order valence-corrected chi connectivity index (χ2v) is 8.77. The van der Waals surface area contributed by atoms with Crippen molar-refractivity contribution in [1.82, 2.24) is 19.1 Å². The van der Waals surface area contributed by atoms with Crippen LogP contribution in [0.25, 0.3) is 11.3 Å². The molecule has 7 nitrogen and oxygen atoms in total. The molecular formula is C24H22Cl2N4O3. The number of aromatic nitrogens is 4. The van der Waals surface area contributed by atoms with E-state index in [1.54, 1.807) is 31.0 Å². The van der Waals surface area contributed by atoms with Crippen molar-refractivity contribution in [3.63, 3.8) is 0 Å². The first kappa shape index (κ1) is 22.0. The quantitative estimate of drug-likeness (QED) is 0.371. The number of benzene rings is 2. The number of rotatable bonds is 7. The average molecular weight is 485 g/mol. The molecule has 1 aliphatic rings. The van der Waals surface area contributed by atoms with Crippen LogP contribution in [0.1, 0.15) is 5.56 Å². The van der Waals surface area contributed by atoms with Crippen molar-refractivity contribution in [2.24, 2.45) is 7.05 Å². The van der Waals surface area contributed by atoms with Crippen molar-refractivity contribution < 1.29 is 14.2 Å². The van der Waals surface area contributed by atoms with Crippen molar-refractivity contribution in [2.75, 3.05) is 13.2 Å². The first-order chi connectivity index (χ1) is 16.0. The first-order valence-electron chi connectivity index (χ1n) is 10.4. The Kier molecular flexibility index (Phi) is 6.12. The van der Waals surface area contributed by atoms with E-state index in [2.05, 4.69) is 9.97 Å². The highest BCUT2D eigenvalue weighted by atomic mass is 35.5. The summed E-state index contributed by atoms with van der Waals surface area (Å²) in [5.74, 6) is -0.325. The molecule has 4 aromatic rings. The Labute approximate surface area is 201 Å².